The molecule has 7 nitrogen and oxygen atoms in total. The van der Waals surface area contributed by atoms with Gasteiger partial charge in [-0.15, -0.1) is 5.10 Å². The fraction of sp³-hybridized carbons (Fsp3) is 0.438. The maximum Gasteiger partial charge on any atom is 0.319 e. The third kappa shape index (κ3) is 4.38. The molecule has 0 saturated carbocycles. The predicted octanol–water partition coefficient (Wildman–Crippen LogP) is 2.74. The Morgan fingerprint density at radius 2 is 2.08 bits per heavy atom. The molecule has 128 valence electrons. The number of aromatic nitrogens is 3. The highest BCUT2D eigenvalue weighted by Gasteiger charge is 2.16. The van der Waals surface area contributed by atoms with E-state index in [0.717, 1.165) is 24.5 Å². The average Bonchev–Trinajstić information content (AvgIpc) is 3.09. The highest BCUT2D eigenvalue weighted by atomic mass is 35.5. The molecule has 2 N–H and O–H groups in total. The Morgan fingerprint density at radius 3 is 2.83 bits per heavy atom. The standard InChI is InChI=1S/C16H21ClN6O/c17-13-4-5-15(22-8-2-1-3-9-22)14(12-13)20-16(24)18-6-10-23-11-7-19-21-23/h4-5,7,11-12H,1-3,6,8-10H2,(H2,18,20,24). The van der Waals surface area contributed by atoms with E-state index < -0.39 is 0 Å². The average molecular weight is 349 g/mol. The van der Waals surface area contributed by atoms with E-state index >= 15 is 0 Å². The molecule has 0 atom stereocenters. The molecule has 0 radical (unpaired) electrons. The number of anilines is 2. The van der Waals surface area contributed by atoms with Gasteiger partial charge >= 0.3 is 6.03 Å². The van der Waals surface area contributed by atoms with Crippen molar-refractivity contribution in [3.8, 4) is 0 Å². The third-order valence-electron chi connectivity index (χ3n) is 4.00. The fourth-order valence-corrected chi connectivity index (χ4v) is 2.99. The topological polar surface area (TPSA) is 75.1 Å². The van der Waals surface area contributed by atoms with Crippen molar-refractivity contribution in [1.82, 2.24) is 20.3 Å². The number of halogens is 1. The molecular formula is C16H21ClN6O. The lowest BCUT2D eigenvalue weighted by atomic mass is 10.1. The van der Waals surface area contributed by atoms with Gasteiger partial charge in [0.05, 0.1) is 24.1 Å². The molecule has 2 aromatic rings. The van der Waals surface area contributed by atoms with Crippen LogP contribution < -0.4 is 15.5 Å². The van der Waals surface area contributed by atoms with Gasteiger partial charge < -0.3 is 15.5 Å². The Balaban J connectivity index is 1.60. The van der Waals surface area contributed by atoms with Gasteiger partial charge in [0.15, 0.2) is 0 Å². The minimum atomic E-state index is -0.254. The summed E-state index contributed by atoms with van der Waals surface area (Å²) in [4.78, 5) is 14.5. The Labute approximate surface area is 146 Å². The van der Waals surface area contributed by atoms with Crippen molar-refractivity contribution >= 4 is 29.0 Å². The van der Waals surface area contributed by atoms with Gasteiger partial charge in [0.2, 0.25) is 0 Å². The van der Waals surface area contributed by atoms with Crippen LogP contribution in [0.25, 0.3) is 0 Å². The SMILES string of the molecule is O=C(NCCn1ccnn1)Nc1cc(Cl)ccc1N1CCCCC1. The van der Waals surface area contributed by atoms with Gasteiger partial charge in [0, 0.05) is 30.9 Å². The second kappa shape index (κ2) is 8.01. The number of urea groups is 1. The smallest absolute Gasteiger partial charge is 0.319 e. The number of hydrogen-bond acceptors (Lipinski definition) is 4. The molecule has 8 heteroatoms. The van der Waals surface area contributed by atoms with Crippen LogP contribution >= 0.6 is 11.6 Å². The van der Waals surface area contributed by atoms with Gasteiger partial charge in [-0.2, -0.15) is 0 Å². The first-order chi connectivity index (χ1) is 11.7. The lowest BCUT2D eigenvalue weighted by Gasteiger charge is -2.30. The lowest BCUT2D eigenvalue weighted by Crippen LogP contribution is -2.34. The molecule has 1 aromatic heterocycles. The molecule has 0 unspecified atom stereocenters. The van der Waals surface area contributed by atoms with Crippen LogP contribution in [-0.2, 0) is 6.54 Å². The highest BCUT2D eigenvalue weighted by Crippen LogP contribution is 2.31. The van der Waals surface area contributed by atoms with Crippen LogP contribution in [0.4, 0.5) is 16.2 Å². The van der Waals surface area contributed by atoms with E-state index in [1.807, 2.05) is 12.1 Å². The maximum atomic E-state index is 12.2. The first-order valence-corrected chi connectivity index (χ1v) is 8.53. The molecule has 0 aliphatic carbocycles. The Bertz CT molecular complexity index is 669. The Morgan fingerprint density at radius 1 is 1.25 bits per heavy atom. The summed E-state index contributed by atoms with van der Waals surface area (Å²) in [5.74, 6) is 0. The summed E-state index contributed by atoms with van der Waals surface area (Å²) >= 11 is 6.10. The minimum absolute atomic E-state index is 0.254. The van der Waals surface area contributed by atoms with Gasteiger partial charge in [-0.3, -0.25) is 4.68 Å². The summed E-state index contributed by atoms with van der Waals surface area (Å²) in [6.07, 6.45) is 6.97. The molecule has 0 bridgehead atoms. The van der Waals surface area contributed by atoms with Crippen LogP contribution in [0.5, 0.6) is 0 Å². The van der Waals surface area contributed by atoms with Gasteiger partial charge in [0.25, 0.3) is 0 Å². The fourth-order valence-electron chi connectivity index (χ4n) is 2.82. The summed E-state index contributed by atoms with van der Waals surface area (Å²) in [6.45, 7) is 3.05. The number of benzene rings is 1. The summed E-state index contributed by atoms with van der Waals surface area (Å²) in [5, 5.41) is 13.9. The quantitative estimate of drug-likeness (QED) is 0.871. The molecule has 1 saturated heterocycles. The number of carbonyl (C=O) groups is 1. The van der Waals surface area contributed by atoms with Gasteiger partial charge in [-0.05, 0) is 37.5 Å². The molecular weight excluding hydrogens is 328 g/mol. The monoisotopic (exact) mass is 348 g/mol. The zero-order valence-corrected chi connectivity index (χ0v) is 14.2. The molecule has 1 aromatic carbocycles. The van der Waals surface area contributed by atoms with E-state index in [-0.39, 0.29) is 6.03 Å². The maximum absolute atomic E-state index is 12.2. The van der Waals surface area contributed by atoms with Crippen LogP contribution in [0.15, 0.2) is 30.6 Å². The molecule has 3 rings (SSSR count). The second-order valence-electron chi connectivity index (χ2n) is 5.76. The number of carbonyl (C=O) groups excluding carboxylic acids is 1. The van der Waals surface area contributed by atoms with Gasteiger partial charge in [-0.25, -0.2) is 4.79 Å². The summed E-state index contributed by atoms with van der Waals surface area (Å²) in [7, 11) is 0. The number of hydrogen-bond donors (Lipinski definition) is 2. The molecule has 2 heterocycles. The molecule has 0 spiro atoms. The number of piperidine rings is 1. The Hall–Kier alpha value is -2.28. The van der Waals surface area contributed by atoms with Crippen molar-refractivity contribution in [3.63, 3.8) is 0 Å². The first kappa shape index (κ1) is 16.6. The van der Waals surface area contributed by atoms with E-state index in [0.29, 0.717) is 18.1 Å². The lowest BCUT2D eigenvalue weighted by molar-refractivity contribution is 0.251. The third-order valence-corrected chi connectivity index (χ3v) is 4.24. The summed E-state index contributed by atoms with van der Waals surface area (Å²) in [6, 6.07) is 5.37. The van der Waals surface area contributed by atoms with E-state index in [1.165, 1.54) is 19.3 Å². The molecule has 2 amide bonds. The Kier molecular flexibility index (Phi) is 5.53. The van der Waals surface area contributed by atoms with E-state index in [2.05, 4.69) is 25.8 Å². The zero-order valence-electron chi connectivity index (χ0n) is 13.4. The number of amides is 2. The van der Waals surface area contributed by atoms with Crippen molar-refractivity contribution in [2.24, 2.45) is 0 Å². The number of nitrogens with one attached hydrogen (secondary N) is 2. The second-order valence-corrected chi connectivity index (χ2v) is 6.19. The largest absolute Gasteiger partial charge is 0.370 e. The number of rotatable bonds is 5. The van der Waals surface area contributed by atoms with Crippen molar-refractivity contribution < 1.29 is 4.79 Å². The van der Waals surface area contributed by atoms with Crippen molar-refractivity contribution in [1.29, 1.82) is 0 Å². The van der Waals surface area contributed by atoms with Gasteiger partial charge in [-0.1, -0.05) is 16.8 Å². The molecule has 1 aliphatic heterocycles. The number of nitrogens with zero attached hydrogens (tertiary/aromatic N) is 4. The first-order valence-electron chi connectivity index (χ1n) is 8.16. The normalized spacial score (nSPS) is 14.5. The summed E-state index contributed by atoms with van der Waals surface area (Å²) < 4.78 is 1.67. The van der Waals surface area contributed by atoms with Crippen LogP contribution in [0.3, 0.4) is 0 Å². The van der Waals surface area contributed by atoms with E-state index in [1.54, 1.807) is 23.1 Å². The predicted molar refractivity (Wildman–Crippen MR) is 94.6 cm³/mol. The van der Waals surface area contributed by atoms with E-state index in [9.17, 15) is 4.79 Å². The minimum Gasteiger partial charge on any atom is -0.370 e. The van der Waals surface area contributed by atoms with Crippen molar-refractivity contribution in [2.45, 2.75) is 25.8 Å². The highest BCUT2D eigenvalue weighted by molar-refractivity contribution is 6.31. The van der Waals surface area contributed by atoms with E-state index in [4.69, 9.17) is 11.6 Å². The van der Waals surface area contributed by atoms with Crippen LogP contribution in [0.2, 0.25) is 5.02 Å². The van der Waals surface area contributed by atoms with Crippen LogP contribution in [0.1, 0.15) is 19.3 Å². The van der Waals surface area contributed by atoms with Crippen LogP contribution in [0, 0.1) is 0 Å². The summed E-state index contributed by atoms with van der Waals surface area (Å²) in [5.41, 5.74) is 1.76. The van der Waals surface area contributed by atoms with Crippen LogP contribution in [-0.4, -0.2) is 40.7 Å². The molecule has 1 fully saturated rings. The zero-order chi connectivity index (χ0) is 16.8. The van der Waals surface area contributed by atoms with Crippen molar-refractivity contribution in [2.75, 3.05) is 29.9 Å². The molecule has 1 aliphatic rings. The van der Waals surface area contributed by atoms with Gasteiger partial charge in [0.1, 0.15) is 0 Å². The van der Waals surface area contributed by atoms with Crippen molar-refractivity contribution in [3.05, 3.63) is 35.6 Å². The molecule has 24 heavy (non-hydrogen) atoms.